The van der Waals surface area contributed by atoms with Gasteiger partial charge in [0.2, 0.25) is 5.91 Å². The third-order valence-electron chi connectivity index (χ3n) is 2.99. The molecule has 1 rings (SSSR count). The van der Waals surface area contributed by atoms with Crippen LogP contribution in [-0.4, -0.2) is 43.0 Å². The predicted molar refractivity (Wildman–Crippen MR) is 56.9 cm³/mol. The van der Waals surface area contributed by atoms with Crippen molar-refractivity contribution in [2.75, 3.05) is 20.1 Å². The summed E-state index contributed by atoms with van der Waals surface area (Å²) in [5.41, 5.74) is 5.85. The van der Waals surface area contributed by atoms with Gasteiger partial charge in [-0.3, -0.25) is 9.69 Å². The molecule has 1 aliphatic rings. The summed E-state index contributed by atoms with van der Waals surface area (Å²) >= 11 is 0. The second-order valence-electron chi connectivity index (χ2n) is 3.96. The van der Waals surface area contributed by atoms with Crippen LogP contribution in [0, 0.1) is 0 Å². The van der Waals surface area contributed by atoms with Crippen molar-refractivity contribution >= 4 is 5.91 Å². The number of hydrogen-bond acceptors (Lipinski definition) is 3. The molecule has 1 amide bonds. The maximum absolute atomic E-state index is 11.2. The minimum atomic E-state index is 0.0901. The predicted octanol–water partition coefficient (Wildman–Crippen LogP) is -0.0659. The van der Waals surface area contributed by atoms with Crippen LogP contribution in [0.4, 0.5) is 0 Å². The molecule has 0 heterocycles. The number of hydrogen-bond donors (Lipinski definition) is 2. The molecule has 1 fully saturated rings. The van der Waals surface area contributed by atoms with Crippen molar-refractivity contribution in [3.05, 3.63) is 0 Å². The van der Waals surface area contributed by atoms with E-state index in [2.05, 4.69) is 17.1 Å². The number of amides is 1. The molecule has 82 valence electrons. The molecular weight excluding hydrogens is 178 g/mol. The van der Waals surface area contributed by atoms with Crippen LogP contribution in [0.25, 0.3) is 0 Å². The number of likely N-dealkylation sites (N-methyl/N-ethyl adjacent to an activating group) is 2. The number of carbonyl (C=O) groups is 1. The van der Waals surface area contributed by atoms with Crippen LogP contribution in [0.3, 0.4) is 0 Å². The van der Waals surface area contributed by atoms with E-state index in [9.17, 15) is 4.79 Å². The van der Waals surface area contributed by atoms with Crippen LogP contribution < -0.4 is 11.1 Å². The Balaban J connectivity index is 2.41. The summed E-state index contributed by atoms with van der Waals surface area (Å²) < 4.78 is 0. The van der Waals surface area contributed by atoms with E-state index in [0.29, 0.717) is 18.6 Å². The Kier molecular flexibility index (Phi) is 4.35. The van der Waals surface area contributed by atoms with Gasteiger partial charge in [-0.15, -0.1) is 0 Å². The summed E-state index contributed by atoms with van der Waals surface area (Å²) in [6.07, 6.45) is 3.26. The number of carbonyl (C=O) groups excluding carboxylic acids is 1. The minimum Gasteiger partial charge on any atom is -0.358 e. The molecule has 4 heteroatoms. The summed E-state index contributed by atoms with van der Waals surface area (Å²) in [4.78, 5) is 13.4. The van der Waals surface area contributed by atoms with Crippen LogP contribution in [0.2, 0.25) is 0 Å². The largest absolute Gasteiger partial charge is 0.358 e. The molecule has 2 atom stereocenters. The number of nitrogens with two attached hydrogens (primary N) is 1. The van der Waals surface area contributed by atoms with Crippen molar-refractivity contribution in [2.45, 2.75) is 38.3 Å². The van der Waals surface area contributed by atoms with Gasteiger partial charge in [-0.25, -0.2) is 0 Å². The molecule has 4 nitrogen and oxygen atoms in total. The first kappa shape index (κ1) is 11.5. The smallest absolute Gasteiger partial charge is 0.233 e. The zero-order chi connectivity index (χ0) is 10.6. The van der Waals surface area contributed by atoms with E-state index in [1.54, 1.807) is 7.05 Å². The molecule has 0 spiro atoms. The monoisotopic (exact) mass is 199 g/mol. The highest BCUT2D eigenvalue weighted by molar-refractivity contribution is 5.77. The fraction of sp³-hybridized carbons (Fsp3) is 0.900. The minimum absolute atomic E-state index is 0.0901. The Labute approximate surface area is 85.8 Å². The molecule has 2 unspecified atom stereocenters. The van der Waals surface area contributed by atoms with E-state index < -0.39 is 0 Å². The number of nitrogens with zero attached hydrogens (tertiary/aromatic N) is 1. The van der Waals surface area contributed by atoms with Crippen LogP contribution in [0.5, 0.6) is 0 Å². The van der Waals surface area contributed by atoms with E-state index in [1.807, 2.05) is 0 Å². The van der Waals surface area contributed by atoms with Crippen LogP contribution in [0.15, 0.2) is 0 Å². The topological polar surface area (TPSA) is 58.4 Å². The summed E-state index contributed by atoms with van der Waals surface area (Å²) in [6.45, 7) is 3.52. The molecule has 0 aliphatic heterocycles. The molecule has 0 aromatic heterocycles. The molecule has 0 bridgehead atoms. The maximum atomic E-state index is 11.2. The van der Waals surface area contributed by atoms with Crippen molar-refractivity contribution < 1.29 is 4.79 Å². The van der Waals surface area contributed by atoms with E-state index in [-0.39, 0.29) is 5.91 Å². The fourth-order valence-electron chi connectivity index (χ4n) is 2.09. The Bertz CT molecular complexity index is 196. The molecule has 1 saturated carbocycles. The van der Waals surface area contributed by atoms with Crippen LogP contribution in [-0.2, 0) is 4.79 Å². The fourth-order valence-corrected chi connectivity index (χ4v) is 2.09. The molecule has 1 aliphatic carbocycles. The van der Waals surface area contributed by atoms with Gasteiger partial charge in [-0.2, -0.15) is 0 Å². The van der Waals surface area contributed by atoms with Crippen molar-refractivity contribution in [1.82, 2.24) is 10.2 Å². The van der Waals surface area contributed by atoms with Gasteiger partial charge in [0, 0.05) is 19.1 Å². The first-order valence-electron chi connectivity index (χ1n) is 5.37. The summed E-state index contributed by atoms with van der Waals surface area (Å²) in [7, 11) is 1.68. The standard InChI is InChI=1S/C10H21N3O/c1-3-13(7-10(14)12-2)9-5-4-8(11)6-9/h8-9H,3-7,11H2,1-2H3,(H,12,14). The second kappa shape index (κ2) is 5.32. The van der Waals surface area contributed by atoms with Gasteiger partial charge in [0.1, 0.15) is 0 Å². The molecule has 0 radical (unpaired) electrons. The third kappa shape index (κ3) is 2.96. The van der Waals surface area contributed by atoms with E-state index in [0.717, 1.165) is 25.8 Å². The second-order valence-corrected chi connectivity index (χ2v) is 3.96. The summed E-state index contributed by atoms with van der Waals surface area (Å²) in [5.74, 6) is 0.0901. The highest BCUT2D eigenvalue weighted by atomic mass is 16.1. The summed E-state index contributed by atoms with van der Waals surface area (Å²) in [6, 6.07) is 0.839. The van der Waals surface area contributed by atoms with E-state index in [1.165, 1.54) is 0 Å². The van der Waals surface area contributed by atoms with Gasteiger partial charge in [0.15, 0.2) is 0 Å². The van der Waals surface area contributed by atoms with E-state index in [4.69, 9.17) is 5.73 Å². The zero-order valence-corrected chi connectivity index (χ0v) is 9.12. The molecule has 3 N–H and O–H groups in total. The zero-order valence-electron chi connectivity index (χ0n) is 9.12. The van der Waals surface area contributed by atoms with Gasteiger partial charge in [-0.05, 0) is 25.8 Å². The molecule has 0 aromatic carbocycles. The Morgan fingerprint density at radius 2 is 2.29 bits per heavy atom. The van der Waals surface area contributed by atoms with Gasteiger partial charge >= 0.3 is 0 Å². The van der Waals surface area contributed by atoms with Crippen molar-refractivity contribution in [1.29, 1.82) is 0 Å². The van der Waals surface area contributed by atoms with Crippen molar-refractivity contribution in [3.8, 4) is 0 Å². The van der Waals surface area contributed by atoms with Gasteiger partial charge in [0.05, 0.1) is 6.54 Å². The molecule has 14 heavy (non-hydrogen) atoms. The van der Waals surface area contributed by atoms with E-state index >= 15 is 0 Å². The third-order valence-corrected chi connectivity index (χ3v) is 2.99. The summed E-state index contributed by atoms with van der Waals surface area (Å²) in [5, 5.41) is 2.65. The quantitative estimate of drug-likeness (QED) is 0.666. The van der Waals surface area contributed by atoms with Crippen LogP contribution in [0.1, 0.15) is 26.2 Å². The van der Waals surface area contributed by atoms with Gasteiger partial charge in [0.25, 0.3) is 0 Å². The normalized spacial score (nSPS) is 26.9. The Morgan fingerprint density at radius 3 is 2.71 bits per heavy atom. The Hall–Kier alpha value is -0.610. The van der Waals surface area contributed by atoms with Gasteiger partial charge in [-0.1, -0.05) is 6.92 Å². The Morgan fingerprint density at radius 1 is 1.57 bits per heavy atom. The highest BCUT2D eigenvalue weighted by Gasteiger charge is 2.27. The van der Waals surface area contributed by atoms with Crippen molar-refractivity contribution in [2.24, 2.45) is 5.73 Å². The molecule has 0 aromatic rings. The lowest BCUT2D eigenvalue weighted by Crippen LogP contribution is -2.41. The SMILES string of the molecule is CCN(CC(=O)NC)C1CCC(N)C1. The van der Waals surface area contributed by atoms with Crippen molar-refractivity contribution in [3.63, 3.8) is 0 Å². The first-order valence-corrected chi connectivity index (χ1v) is 5.37. The average molecular weight is 199 g/mol. The first-order chi connectivity index (χ1) is 6.67. The number of rotatable bonds is 4. The highest BCUT2D eigenvalue weighted by Crippen LogP contribution is 2.22. The lowest BCUT2D eigenvalue weighted by molar-refractivity contribution is -0.122. The molecular formula is C10H21N3O. The lowest BCUT2D eigenvalue weighted by Gasteiger charge is -2.26. The number of nitrogens with one attached hydrogen (secondary N) is 1. The van der Waals surface area contributed by atoms with Gasteiger partial charge < -0.3 is 11.1 Å². The maximum Gasteiger partial charge on any atom is 0.233 e. The lowest BCUT2D eigenvalue weighted by atomic mass is 10.2. The average Bonchev–Trinajstić information content (AvgIpc) is 2.60. The van der Waals surface area contributed by atoms with Crippen LogP contribution >= 0.6 is 0 Å². The molecule has 0 saturated heterocycles.